The number of hydrogen-bond donors (Lipinski definition) is 1. The molecule has 0 saturated heterocycles. The number of amides is 1. The average Bonchev–Trinajstić information content (AvgIpc) is 2.63. The number of alkyl halides is 3. The van der Waals surface area contributed by atoms with Gasteiger partial charge in [0.25, 0.3) is 5.56 Å². The Hall–Kier alpha value is -3.16. The second-order valence-electron chi connectivity index (χ2n) is 5.94. The first-order valence-electron chi connectivity index (χ1n) is 8.25. The summed E-state index contributed by atoms with van der Waals surface area (Å²) in [5, 5.41) is 2.59. The van der Waals surface area contributed by atoms with Gasteiger partial charge in [0, 0.05) is 5.69 Å². The number of nitrogens with zero attached hydrogens (tertiary/aromatic N) is 2. The van der Waals surface area contributed by atoms with Gasteiger partial charge in [-0.2, -0.15) is 13.2 Å². The molecule has 1 amide bonds. The Labute approximate surface area is 152 Å². The molecule has 0 radical (unpaired) electrons. The largest absolute Gasteiger partial charge is 0.438 e. The zero-order valence-corrected chi connectivity index (χ0v) is 14.4. The fourth-order valence-electron chi connectivity index (χ4n) is 2.70. The quantitative estimate of drug-likeness (QED) is 0.758. The number of carbonyl (C=O) groups excluding carboxylic acids is 1. The molecule has 2 aromatic carbocycles. The third-order valence-corrected chi connectivity index (χ3v) is 4.07. The maximum absolute atomic E-state index is 13.1. The Balaban J connectivity index is 1.96. The van der Waals surface area contributed by atoms with Gasteiger partial charge in [0.15, 0.2) is 0 Å². The van der Waals surface area contributed by atoms with E-state index in [4.69, 9.17) is 0 Å². The van der Waals surface area contributed by atoms with Crippen molar-refractivity contribution in [3.63, 3.8) is 0 Å². The molecule has 0 aliphatic carbocycles. The van der Waals surface area contributed by atoms with Crippen LogP contribution in [-0.2, 0) is 23.9 Å². The molecule has 0 unspecified atom stereocenters. The van der Waals surface area contributed by atoms with E-state index in [1.54, 1.807) is 18.2 Å². The summed E-state index contributed by atoms with van der Waals surface area (Å²) in [5.74, 6) is -0.606. The zero-order chi connectivity index (χ0) is 19.6. The molecule has 0 bridgehead atoms. The molecule has 1 aromatic heterocycles. The molecule has 0 aliphatic rings. The van der Waals surface area contributed by atoms with Crippen molar-refractivity contribution in [1.29, 1.82) is 0 Å². The minimum atomic E-state index is -4.91. The van der Waals surface area contributed by atoms with Crippen molar-refractivity contribution in [3.8, 4) is 0 Å². The van der Waals surface area contributed by atoms with Crippen LogP contribution in [0.15, 0.2) is 53.3 Å². The molecular formula is C19H16F3N3O2. The lowest BCUT2D eigenvalue weighted by atomic mass is 10.1. The number of carbonyl (C=O) groups is 1. The summed E-state index contributed by atoms with van der Waals surface area (Å²) in [5.41, 5.74) is -1.16. The van der Waals surface area contributed by atoms with Crippen LogP contribution in [0, 0.1) is 0 Å². The summed E-state index contributed by atoms with van der Waals surface area (Å²) in [6.45, 7) is 1.44. The van der Waals surface area contributed by atoms with Gasteiger partial charge in [-0.15, -0.1) is 0 Å². The number of fused-ring (bicyclic) bond motifs is 1. The molecule has 0 saturated carbocycles. The zero-order valence-electron chi connectivity index (χ0n) is 14.4. The van der Waals surface area contributed by atoms with Crippen molar-refractivity contribution in [2.75, 3.05) is 5.32 Å². The third-order valence-electron chi connectivity index (χ3n) is 4.07. The van der Waals surface area contributed by atoms with Crippen LogP contribution < -0.4 is 10.9 Å². The van der Waals surface area contributed by atoms with E-state index in [2.05, 4.69) is 10.3 Å². The van der Waals surface area contributed by atoms with Crippen molar-refractivity contribution in [2.45, 2.75) is 26.1 Å². The minimum absolute atomic E-state index is 0.00970. The third kappa shape index (κ3) is 3.99. The topological polar surface area (TPSA) is 64.0 Å². The first-order valence-corrected chi connectivity index (χ1v) is 8.25. The number of halogens is 3. The highest BCUT2D eigenvalue weighted by molar-refractivity contribution is 5.91. The molecule has 27 heavy (non-hydrogen) atoms. The summed E-state index contributed by atoms with van der Waals surface area (Å²) in [6.07, 6.45) is -4.07. The Morgan fingerprint density at radius 3 is 2.41 bits per heavy atom. The molecule has 5 nitrogen and oxygen atoms in total. The highest BCUT2D eigenvalue weighted by atomic mass is 19.4. The van der Waals surface area contributed by atoms with Gasteiger partial charge in [0.1, 0.15) is 6.54 Å². The van der Waals surface area contributed by atoms with Crippen LogP contribution >= 0.6 is 0 Å². The number of nitrogens with one attached hydrogen (secondary N) is 1. The van der Waals surface area contributed by atoms with Crippen molar-refractivity contribution >= 4 is 22.6 Å². The maximum atomic E-state index is 13.1. The average molecular weight is 375 g/mol. The van der Waals surface area contributed by atoms with Crippen LogP contribution in [0.3, 0.4) is 0 Å². The Morgan fingerprint density at radius 2 is 1.78 bits per heavy atom. The van der Waals surface area contributed by atoms with Crippen molar-refractivity contribution in [1.82, 2.24) is 9.55 Å². The molecule has 140 valence electrons. The van der Waals surface area contributed by atoms with E-state index >= 15 is 0 Å². The molecule has 3 rings (SSSR count). The number of hydrogen-bond acceptors (Lipinski definition) is 3. The maximum Gasteiger partial charge on any atom is 0.438 e. The van der Waals surface area contributed by atoms with Crippen LogP contribution in [0.5, 0.6) is 0 Å². The first kappa shape index (κ1) is 18.6. The molecule has 0 fully saturated rings. The molecule has 3 aromatic rings. The first-order chi connectivity index (χ1) is 12.8. The number of aromatic nitrogens is 2. The monoisotopic (exact) mass is 375 g/mol. The van der Waals surface area contributed by atoms with Gasteiger partial charge in [-0.3, -0.25) is 14.2 Å². The van der Waals surface area contributed by atoms with E-state index < -0.39 is 29.9 Å². The highest BCUT2D eigenvalue weighted by Crippen LogP contribution is 2.26. The van der Waals surface area contributed by atoms with Crippen LogP contribution in [0.2, 0.25) is 0 Å². The Bertz CT molecular complexity index is 1040. The van der Waals surface area contributed by atoms with Gasteiger partial charge in [0.2, 0.25) is 11.6 Å². The van der Waals surface area contributed by atoms with Gasteiger partial charge >= 0.3 is 6.18 Å². The Kier molecular flexibility index (Phi) is 4.98. The van der Waals surface area contributed by atoms with Crippen LogP contribution in [0.1, 0.15) is 18.2 Å². The van der Waals surface area contributed by atoms with Crippen LogP contribution in [0.25, 0.3) is 11.0 Å². The van der Waals surface area contributed by atoms with Crippen LogP contribution in [0.4, 0.5) is 18.9 Å². The summed E-state index contributed by atoms with van der Waals surface area (Å²) in [6, 6.07) is 13.0. The number of aryl methyl sites for hydroxylation is 1. The predicted molar refractivity (Wildman–Crippen MR) is 95.5 cm³/mol. The number of anilines is 1. The van der Waals surface area contributed by atoms with E-state index in [0.29, 0.717) is 5.69 Å². The number of benzene rings is 2. The molecular weight excluding hydrogens is 359 g/mol. The van der Waals surface area contributed by atoms with E-state index in [1.165, 1.54) is 18.2 Å². The Morgan fingerprint density at radius 1 is 1.11 bits per heavy atom. The second kappa shape index (κ2) is 7.22. The normalized spacial score (nSPS) is 11.6. The SMILES string of the molecule is CCc1ccc(NC(=O)Cn2c(=O)c(C(F)(F)F)nc3ccccc32)cc1. The van der Waals surface area contributed by atoms with E-state index in [-0.39, 0.29) is 11.0 Å². The van der Waals surface area contributed by atoms with E-state index in [1.807, 2.05) is 19.1 Å². The fraction of sp³-hybridized carbons (Fsp3) is 0.211. The summed E-state index contributed by atoms with van der Waals surface area (Å²) in [7, 11) is 0. The van der Waals surface area contributed by atoms with Gasteiger partial charge in [0.05, 0.1) is 11.0 Å². The van der Waals surface area contributed by atoms with Crippen LogP contribution in [-0.4, -0.2) is 15.5 Å². The molecule has 1 N–H and O–H groups in total. The van der Waals surface area contributed by atoms with Gasteiger partial charge in [-0.1, -0.05) is 31.2 Å². The smallest absolute Gasteiger partial charge is 0.325 e. The van der Waals surface area contributed by atoms with Crippen molar-refractivity contribution in [3.05, 3.63) is 70.1 Å². The van der Waals surface area contributed by atoms with Gasteiger partial charge in [-0.05, 0) is 36.2 Å². The van der Waals surface area contributed by atoms with E-state index in [0.717, 1.165) is 16.6 Å². The van der Waals surface area contributed by atoms with Gasteiger partial charge in [-0.25, -0.2) is 4.98 Å². The highest BCUT2D eigenvalue weighted by Gasteiger charge is 2.37. The minimum Gasteiger partial charge on any atom is -0.325 e. The second-order valence-corrected chi connectivity index (χ2v) is 5.94. The van der Waals surface area contributed by atoms with Crippen molar-refractivity contribution < 1.29 is 18.0 Å². The number of para-hydroxylation sites is 2. The lowest BCUT2D eigenvalue weighted by Gasteiger charge is -2.13. The molecule has 1 heterocycles. The van der Waals surface area contributed by atoms with E-state index in [9.17, 15) is 22.8 Å². The predicted octanol–water partition coefficient (Wildman–Crippen LogP) is 3.62. The molecule has 0 aliphatic heterocycles. The molecule has 8 heteroatoms. The molecule has 0 atom stereocenters. The number of rotatable bonds is 4. The molecule has 0 spiro atoms. The summed E-state index contributed by atoms with van der Waals surface area (Å²) in [4.78, 5) is 28.0. The standard InChI is InChI=1S/C19H16F3N3O2/c1-2-12-7-9-13(10-8-12)23-16(26)11-25-15-6-4-3-5-14(15)24-17(18(25)27)19(20,21)22/h3-10H,2,11H2,1H3,(H,23,26). The lowest BCUT2D eigenvalue weighted by Crippen LogP contribution is -2.34. The summed E-state index contributed by atoms with van der Waals surface area (Å²) >= 11 is 0. The van der Waals surface area contributed by atoms with Crippen molar-refractivity contribution in [2.24, 2.45) is 0 Å². The fourth-order valence-corrected chi connectivity index (χ4v) is 2.70. The lowest BCUT2D eigenvalue weighted by molar-refractivity contribution is -0.142. The summed E-state index contributed by atoms with van der Waals surface area (Å²) < 4.78 is 40.2. The van der Waals surface area contributed by atoms with Gasteiger partial charge < -0.3 is 5.32 Å².